The van der Waals surface area contributed by atoms with E-state index in [0.717, 1.165) is 5.56 Å². The minimum Gasteiger partial charge on any atom is -0.443 e. The van der Waals surface area contributed by atoms with Gasteiger partial charge in [-0.1, -0.05) is 0 Å². The van der Waals surface area contributed by atoms with E-state index in [1.807, 2.05) is 4.90 Å². The molecule has 2 aromatic rings. The van der Waals surface area contributed by atoms with Crippen LogP contribution in [0.15, 0.2) is 24.5 Å². The summed E-state index contributed by atoms with van der Waals surface area (Å²) in [6.07, 6.45) is 2.70. The average molecular weight is 427 g/mol. The molecule has 1 unspecified atom stereocenters. The van der Waals surface area contributed by atoms with Crippen LogP contribution in [0, 0.1) is 0 Å². The first-order valence-corrected chi connectivity index (χ1v) is 10.3. The van der Waals surface area contributed by atoms with Crippen molar-refractivity contribution in [2.24, 2.45) is 0 Å². The minimum absolute atomic E-state index is 0.0290. The molecule has 0 spiro atoms. The predicted octanol–water partition coefficient (Wildman–Crippen LogP) is 1.23. The van der Waals surface area contributed by atoms with E-state index in [-0.39, 0.29) is 6.54 Å². The number of rotatable bonds is 3. The first kappa shape index (κ1) is 21.5. The van der Waals surface area contributed by atoms with Gasteiger partial charge in [0.15, 0.2) is 0 Å². The van der Waals surface area contributed by atoms with Crippen LogP contribution in [0.3, 0.4) is 0 Å². The number of carbonyl (C=O) groups is 1. The molecule has 0 bridgehead atoms. The third-order valence-corrected chi connectivity index (χ3v) is 5.12. The fraction of sp³-hybridized carbons (Fsp3) is 0.500. The molecule has 2 aromatic heterocycles. The molecule has 0 aromatic carbocycles. The molecule has 11 heteroatoms. The van der Waals surface area contributed by atoms with Crippen molar-refractivity contribution in [2.75, 3.05) is 42.6 Å². The molecule has 0 saturated carbocycles. The highest BCUT2D eigenvalue weighted by atomic mass is 16.6. The van der Waals surface area contributed by atoms with Gasteiger partial charge in [-0.2, -0.15) is 0 Å². The predicted molar refractivity (Wildman–Crippen MR) is 115 cm³/mol. The van der Waals surface area contributed by atoms with E-state index in [0.29, 0.717) is 49.3 Å². The number of fused-ring (bicyclic) bond motifs is 1. The first-order valence-electron chi connectivity index (χ1n) is 10.3. The number of nitrogens with zero attached hydrogens (tertiary/aromatic N) is 5. The van der Waals surface area contributed by atoms with Gasteiger partial charge >= 0.3 is 13.2 Å². The largest absolute Gasteiger partial charge is 0.463 e. The summed E-state index contributed by atoms with van der Waals surface area (Å²) in [5, 5.41) is 20.1. The molecule has 1 amide bonds. The zero-order valence-electron chi connectivity index (χ0n) is 17.9. The second kappa shape index (κ2) is 8.41. The van der Waals surface area contributed by atoms with Crippen LogP contribution in [-0.4, -0.2) is 76.7 Å². The van der Waals surface area contributed by atoms with Gasteiger partial charge in [0.2, 0.25) is 5.95 Å². The molecule has 2 N–H and O–H groups in total. The number of aromatic nitrogens is 3. The normalized spacial score (nSPS) is 18.7. The highest BCUT2D eigenvalue weighted by Crippen LogP contribution is 2.43. The Kier molecular flexibility index (Phi) is 5.82. The fourth-order valence-corrected chi connectivity index (χ4v) is 3.69. The number of amides is 1. The number of hydrogen-bond acceptors (Lipinski definition) is 9. The number of hydrogen-bond donors (Lipinski definition) is 2. The molecule has 164 valence electrons. The summed E-state index contributed by atoms with van der Waals surface area (Å²) in [6, 6.07) is 3.59. The molecule has 2 aliphatic heterocycles. The molecule has 2 aliphatic rings. The lowest BCUT2D eigenvalue weighted by atomic mass is 9.71. The Morgan fingerprint density at radius 1 is 1.19 bits per heavy atom. The fourth-order valence-electron chi connectivity index (χ4n) is 3.69. The van der Waals surface area contributed by atoms with Gasteiger partial charge in [0, 0.05) is 37.6 Å². The van der Waals surface area contributed by atoms with Crippen LogP contribution >= 0.6 is 0 Å². The molecular formula is C20H26BN5O5. The topological polar surface area (TPSA) is 121 Å². The van der Waals surface area contributed by atoms with Crippen LogP contribution in [0.1, 0.15) is 32.3 Å². The number of morpholine rings is 1. The highest BCUT2D eigenvalue weighted by Gasteiger charge is 2.44. The van der Waals surface area contributed by atoms with Crippen molar-refractivity contribution in [2.45, 2.75) is 32.2 Å². The summed E-state index contributed by atoms with van der Waals surface area (Å²) in [6.45, 7) is 7.73. The van der Waals surface area contributed by atoms with Crippen LogP contribution in [0.25, 0.3) is 11.3 Å². The van der Waals surface area contributed by atoms with Gasteiger partial charge in [0.05, 0.1) is 30.4 Å². The molecule has 4 heterocycles. The smallest absolute Gasteiger partial charge is 0.443 e. The van der Waals surface area contributed by atoms with Gasteiger partial charge in [-0.05, 0) is 32.9 Å². The van der Waals surface area contributed by atoms with Crippen molar-refractivity contribution in [3.8, 4) is 11.3 Å². The van der Waals surface area contributed by atoms with E-state index < -0.39 is 24.6 Å². The minimum atomic E-state index is -1.69. The van der Waals surface area contributed by atoms with Crippen LogP contribution in [0.2, 0.25) is 0 Å². The van der Waals surface area contributed by atoms with Gasteiger partial charge in [0.25, 0.3) is 0 Å². The zero-order valence-corrected chi connectivity index (χ0v) is 17.9. The Morgan fingerprint density at radius 3 is 2.48 bits per heavy atom. The summed E-state index contributed by atoms with van der Waals surface area (Å²) in [5.41, 5.74) is 1.38. The summed E-state index contributed by atoms with van der Waals surface area (Å²) < 4.78 is 11.0. The molecule has 0 aliphatic carbocycles. The van der Waals surface area contributed by atoms with Crippen molar-refractivity contribution < 1.29 is 24.3 Å². The molecule has 31 heavy (non-hydrogen) atoms. The van der Waals surface area contributed by atoms with E-state index in [4.69, 9.17) is 14.5 Å². The summed E-state index contributed by atoms with van der Waals surface area (Å²) >= 11 is 0. The van der Waals surface area contributed by atoms with E-state index in [9.17, 15) is 14.8 Å². The number of carbonyl (C=O) groups excluding carboxylic acids is 1. The second-order valence-corrected chi connectivity index (χ2v) is 8.55. The standard InChI is InChI=1S/C20H26BN5O5/c1-20(2,3)31-19(27)26-12-14(21(28)29)16-17(26)15(13-4-6-22-7-5-13)23-18(24-16)25-8-10-30-11-9-25/h4-7,14,28-29H,8-12H2,1-3H3. The quantitative estimate of drug-likeness (QED) is 0.697. The van der Waals surface area contributed by atoms with Gasteiger partial charge in [0.1, 0.15) is 11.3 Å². The summed E-state index contributed by atoms with van der Waals surface area (Å²) in [7, 11) is -1.69. The van der Waals surface area contributed by atoms with Crippen molar-refractivity contribution in [3.05, 3.63) is 30.2 Å². The number of ether oxygens (including phenoxy) is 2. The van der Waals surface area contributed by atoms with Crippen molar-refractivity contribution >= 4 is 24.8 Å². The number of pyridine rings is 1. The maximum atomic E-state index is 13.0. The number of anilines is 2. The van der Waals surface area contributed by atoms with Gasteiger partial charge in [-0.25, -0.2) is 14.8 Å². The van der Waals surface area contributed by atoms with Gasteiger partial charge in [-0.3, -0.25) is 9.88 Å². The van der Waals surface area contributed by atoms with E-state index in [1.165, 1.54) is 4.90 Å². The lowest BCUT2D eigenvalue weighted by Crippen LogP contribution is -2.38. The lowest BCUT2D eigenvalue weighted by Gasteiger charge is -2.28. The molecule has 0 radical (unpaired) electrons. The Bertz CT molecular complexity index is 947. The summed E-state index contributed by atoms with van der Waals surface area (Å²) in [4.78, 5) is 29.9. The Hall–Kier alpha value is -2.76. The average Bonchev–Trinajstić information content (AvgIpc) is 3.13. The molecule has 1 fully saturated rings. The Labute approximate surface area is 181 Å². The molecular weight excluding hydrogens is 401 g/mol. The van der Waals surface area contributed by atoms with Gasteiger partial charge in [-0.15, -0.1) is 0 Å². The second-order valence-electron chi connectivity index (χ2n) is 8.55. The molecule has 4 rings (SSSR count). The van der Waals surface area contributed by atoms with E-state index in [1.54, 1.807) is 45.3 Å². The van der Waals surface area contributed by atoms with Crippen LogP contribution < -0.4 is 9.80 Å². The summed E-state index contributed by atoms with van der Waals surface area (Å²) in [5.74, 6) is -0.323. The Balaban J connectivity index is 1.87. The third-order valence-electron chi connectivity index (χ3n) is 5.12. The maximum Gasteiger partial charge on any atom is 0.463 e. The highest BCUT2D eigenvalue weighted by molar-refractivity contribution is 6.44. The first-order chi connectivity index (χ1) is 14.7. The van der Waals surface area contributed by atoms with Crippen molar-refractivity contribution in [1.29, 1.82) is 0 Å². The van der Waals surface area contributed by atoms with Crippen molar-refractivity contribution in [3.63, 3.8) is 0 Å². The van der Waals surface area contributed by atoms with Crippen LogP contribution in [-0.2, 0) is 9.47 Å². The van der Waals surface area contributed by atoms with Crippen molar-refractivity contribution in [1.82, 2.24) is 15.0 Å². The van der Waals surface area contributed by atoms with E-state index >= 15 is 0 Å². The molecule has 1 saturated heterocycles. The monoisotopic (exact) mass is 427 g/mol. The molecule has 1 atom stereocenters. The third kappa shape index (κ3) is 4.48. The van der Waals surface area contributed by atoms with E-state index in [2.05, 4.69) is 9.97 Å². The lowest BCUT2D eigenvalue weighted by molar-refractivity contribution is 0.0583. The SMILES string of the molecule is CC(C)(C)OC(=O)N1CC(B(O)O)c2nc(N3CCOCC3)nc(-c3ccncc3)c21. The van der Waals surface area contributed by atoms with Crippen LogP contribution in [0.5, 0.6) is 0 Å². The molecule has 10 nitrogen and oxygen atoms in total. The van der Waals surface area contributed by atoms with Crippen LogP contribution in [0.4, 0.5) is 16.4 Å². The van der Waals surface area contributed by atoms with Gasteiger partial charge < -0.3 is 24.4 Å². The maximum absolute atomic E-state index is 13.0. The Morgan fingerprint density at radius 2 is 1.87 bits per heavy atom. The zero-order chi connectivity index (χ0) is 22.2.